The Hall–Kier alpha value is -3.16. The second kappa shape index (κ2) is 6.76. The first kappa shape index (κ1) is 16.7. The minimum absolute atomic E-state index is 0.143. The van der Waals surface area contributed by atoms with E-state index in [9.17, 15) is 9.59 Å². The molecule has 0 spiro atoms. The quantitative estimate of drug-likeness (QED) is 0.759. The number of aryl methyl sites for hydroxylation is 3. The van der Waals surface area contributed by atoms with Crippen molar-refractivity contribution in [2.24, 2.45) is 7.05 Å². The maximum atomic E-state index is 12.4. The van der Waals surface area contributed by atoms with E-state index in [4.69, 9.17) is 4.74 Å². The number of carbonyl (C=O) groups is 1. The molecular formula is C17H19N5O3. The van der Waals surface area contributed by atoms with Crippen molar-refractivity contribution in [1.29, 1.82) is 0 Å². The zero-order valence-corrected chi connectivity index (χ0v) is 14.3. The highest BCUT2D eigenvalue weighted by Crippen LogP contribution is 2.25. The zero-order valence-electron chi connectivity index (χ0n) is 14.3. The Labute approximate surface area is 144 Å². The first-order valence-corrected chi connectivity index (χ1v) is 7.81. The molecule has 2 heterocycles. The van der Waals surface area contributed by atoms with Gasteiger partial charge >= 0.3 is 0 Å². The maximum absolute atomic E-state index is 12.4. The van der Waals surface area contributed by atoms with E-state index >= 15 is 0 Å². The van der Waals surface area contributed by atoms with E-state index in [1.54, 1.807) is 20.2 Å². The zero-order chi connectivity index (χ0) is 18.0. The van der Waals surface area contributed by atoms with Gasteiger partial charge in [-0.15, -0.1) is 0 Å². The number of benzene rings is 1. The van der Waals surface area contributed by atoms with Crippen molar-refractivity contribution < 1.29 is 9.53 Å². The molecule has 2 aromatic heterocycles. The van der Waals surface area contributed by atoms with Crippen molar-refractivity contribution in [1.82, 2.24) is 19.3 Å². The minimum Gasteiger partial charge on any atom is -0.495 e. The Kier molecular flexibility index (Phi) is 4.51. The molecule has 1 N–H and O–H groups in total. The van der Waals surface area contributed by atoms with Crippen LogP contribution in [0.1, 0.15) is 12.0 Å². The highest BCUT2D eigenvalue weighted by Gasteiger charge is 2.11. The molecule has 1 aromatic carbocycles. The number of amides is 1. The smallest absolute Gasteiger partial charge is 0.264 e. The van der Waals surface area contributed by atoms with E-state index in [2.05, 4.69) is 15.4 Å². The molecule has 3 rings (SSSR count). The van der Waals surface area contributed by atoms with Crippen LogP contribution < -0.4 is 15.6 Å². The van der Waals surface area contributed by atoms with Gasteiger partial charge in [0.1, 0.15) is 11.1 Å². The molecule has 0 atom stereocenters. The van der Waals surface area contributed by atoms with Gasteiger partial charge in [-0.2, -0.15) is 5.10 Å². The average Bonchev–Trinajstić information content (AvgIpc) is 2.96. The number of aromatic nitrogens is 4. The molecule has 25 heavy (non-hydrogen) atoms. The molecule has 0 unspecified atom stereocenters. The molecule has 8 heteroatoms. The van der Waals surface area contributed by atoms with Gasteiger partial charge in [0.05, 0.1) is 25.3 Å². The molecule has 0 saturated heterocycles. The standard InChI is InChI=1S/C17H19N5O3/c1-11-4-5-14(25-3)13(8-11)20-15(23)6-7-22-10-18-16-12(17(22)24)9-19-21(16)2/h4-5,8-10H,6-7H2,1-3H3,(H,20,23). The molecule has 0 saturated carbocycles. The van der Waals surface area contributed by atoms with Gasteiger partial charge < -0.3 is 10.1 Å². The fourth-order valence-corrected chi connectivity index (χ4v) is 2.58. The van der Waals surface area contributed by atoms with Crippen LogP contribution in [0.15, 0.2) is 35.5 Å². The number of fused-ring (bicyclic) bond motifs is 1. The SMILES string of the molecule is COc1ccc(C)cc1NC(=O)CCn1cnc2c(cnn2C)c1=O. The first-order valence-electron chi connectivity index (χ1n) is 7.81. The van der Waals surface area contributed by atoms with Crippen molar-refractivity contribution in [3.05, 3.63) is 46.6 Å². The average molecular weight is 341 g/mol. The van der Waals surface area contributed by atoms with Gasteiger partial charge in [-0.1, -0.05) is 6.07 Å². The summed E-state index contributed by atoms with van der Waals surface area (Å²) in [7, 11) is 3.27. The van der Waals surface area contributed by atoms with Crippen LogP contribution in [0.4, 0.5) is 5.69 Å². The lowest BCUT2D eigenvalue weighted by Gasteiger charge is -2.11. The van der Waals surface area contributed by atoms with Gasteiger partial charge in [0.15, 0.2) is 5.65 Å². The second-order valence-corrected chi connectivity index (χ2v) is 5.75. The summed E-state index contributed by atoms with van der Waals surface area (Å²) < 4.78 is 8.20. The summed E-state index contributed by atoms with van der Waals surface area (Å²) >= 11 is 0. The molecule has 0 aliphatic heterocycles. The van der Waals surface area contributed by atoms with Gasteiger partial charge in [0.2, 0.25) is 5.91 Å². The van der Waals surface area contributed by atoms with E-state index in [-0.39, 0.29) is 24.4 Å². The summed E-state index contributed by atoms with van der Waals surface area (Å²) in [6, 6.07) is 5.55. The summed E-state index contributed by atoms with van der Waals surface area (Å²) in [5, 5.41) is 7.28. The molecule has 1 amide bonds. The van der Waals surface area contributed by atoms with Crippen molar-refractivity contribution >= 4 is 22.6 Å². The minimum atomic E-state index is -0.209. The number of anilines is 1. The van der Waals surface area contributed by atoms with E-state index in [1.807, 2.05) is 19.1 Å². The number of methoxy groups -OCH3 is 1. The lowest BCUT2D eigenvalue weighted by Crippen LogP contribution is -2.23. The van der Waals surface area contributed by atoms with Crippen molar-refractivity contribution in [2.75, 3.05) is 12.4 Å². The summed E-state index contributed by atoms with van der Waals surface area (Å²) in [6.07, 6.45) is 3.07. The number of hydrogen-bond donors (Lipinski definition) is 1. The van der Waals surface area contributed by atoms with Gasteiger partial charge in [-0.05, 0) is 24.6 Å². The Morgan fingerprint density at radius 2 is 2.16 bits per heavy atom. The summed E-state index contributed by atoms with van der Waals surface area (Å²) in [6.45, 7) is 2.17. The molecule has 0 radical (unpaired) electrons. The maximum Gasteiger partial charge on any atom is 0.264 e. The van der Waals surface area contributed by atoms with Crippen molar-refractivity contribution in [3.8, 4) is 5.75 Å². The van der Waals surface area contributed by atoms with Crippen LogP contribution in [0.2, 0.25) is 0 Å². The fraction of sp³-hybridized carbons (Fsp3) is 0.294. The molecule has 0 bridgehead atoms. The molecule has 8 nitrogen and oxygen atoms in total. The summed E-state index contributed by atoms with van der Waals surface area (Å²) in [5.41, 5.74) is 1.94. The van der Waals surface area contributed by atoms with Gasteiger partial charge in [0, 0.05) is 20.0 Å². The Balaban J connectivity index is 1.72. The highest BCUT2D eigenvalue weighted by molar-refractivity contribution is 5.92. The largest absolute Gasteiger partial charge is 0.495 e. The molecule has 0 aliphatic rings. The number of rotatable bonds is 5. The van der Waals surface area contributed by atoms with Crippen molar-refractivity contribution in [2.45, 2.75) is 19.9 Å². The van der Waals surface area contributed by atoms with E-state index in [1.165, 1.54) is 21.8 Å². The third kappa shape index (κ3) is 3.37. The van der Waals surface area contributed by atoms with Crippen LogP contribution in [-0.4, -0.2) is 32.3 Å². The van der Waals surface area contributed by atoms with Gasteiger partial charge in [-0.3, -0.25) is 18.8 Å². The molecule has 0 fully saturated rings. The predicted molar refractivity (Wildman–Crippen MR) is 93.7 cm³/mol. The number of nitrogens with zero attached hydrogens (tertiary/aromatic N) is 4. The van der Waals surface area contributed by atoms with E-state index < -0.39 is 0 Å². The summed E-state index contributed by atoms with van der Waals surface area (Å²) in [4.78, 5) is 28.8. The van der Waals surface area contributed by atoms with Gasteiger partial charge in [0.25, 0.3) is 5.56 Å². The van der Waals surface area contributed by atoms with Gasteiger partial charge in [-0.25, -0.2) is 4.98 Å². The second-order valence-electron chi connectivity index (χ2n) is 5.75. The highest BCUT2D eigenvalue weighted by atomic mass is 16.5. The number of hydrogen-bond acceptors (Lipinski definition) is 5. The van der Waals surface area contributed by atoms with E-state index in [0.29, 0.717) is 22.5 Å². The Morgan fingerprint density at radius 3 is 2.92 bits per heavy atom. The lowest BCUT2D eigenvalue weighted by atomic mass is 10.2. The topological polar surface area (TPSA) is 91.0 Å². The normalized spacial score (nSPS) is 10.8. The number of ether oxygens (including phenoxy) is 1. The fourth-order valence-electron chi connectivity index (χ4n) is 2.58. The van der Waals surface area contributed by atoms with Crippen LogP contribution in [0.25, 0.3) is 11.0 Å². The molecule has 3 aromatic rings. The lowest BCUT2D eigenvalue weighted by molar-refractivity contribution is -0.116. The first-order chi connectivity index (χ1) is 12.0. The molecular weight excluding hydrogens is 322 g/mol. The number of nitrogens with one attached hydrogen (secondary N) is 1. The van der Waals surface area contributed by atoms with Crippen molar-refractivity contribution in [3.63, 3.8) is 0 Å². The van der Waals surface area contributed by atoms with E-state index in [0.717, 1.165) is 5.56 Å². The van der Waals surface area contributed by atoms with Crippen LogP contribution in [0.5, 0.6) is 5.75 Å². The predicted octanol–water partition coefficient (Wildman–Crippen LogP) is 1.48. The Morgan fingerprint density at radius 1 is 1.36 bits per heavy atom. The third-order valence-corrected chi connectivity index (χ3v) is 3.93. The van der Waals surface area contributed by atoms with Crippen LogP contribution in [0.3, 0.4) is 0 Å². The Bertz CT molecular complexity index is 990. The monoisotopic (exact) mass is 341 g/mol. The molecule has 130 valence electrons. The third-order valence-electron chi connectivity index (χ3n) is 3.93. The van der Waals surface area contributed by atoms with Crippen LogP contribution in [-0.2, 0) is 18.4 Å². The van der Waals surface area contributed by atoms with Crippen LogP contribution >= 0.6 is 0 Å². The van der Waals surface area contributed by atoms with Crippen LogP contribution in [0, 0.1) is 6.92 Å². The molecule has 0 aliphatic carbocycles. The number of carbonyl (C=O) groups excluding carboxylic acids is 1. The summed E-state index contributed by atoms with van der Waals surface area (Å²) in [5.74, 6) is 0.386.